The molecule has 8 nitrogen and oxygen atoms in total. The highest BCUT2D eigenvalue weighted by Crippen LogP contribution is 2.38. The molecule has 2 N–H and O–H groups in total. The minimum absolute atomic E-state index is 0.00985. The molecule has 0 saturated carbocycles. The van der Waals surface area contributed by atoms with Crippen molar-refractivity contribution in [3.63, 3.8) is 0 Å². The Morgan fingerprint density at radius 2 is 2.00 bits per heavy atom. The van der Waals surface area contributed by atoms with Crippen molar-refractivity contribution in [3.8, 4) is 18.7 Å². The summed E-state index contributed by atoms with van der Waals surface area (Å²) in [5.41, 5.74) is -0.498. The highest BCUT2D eigenvalue weighted by Gasteiger charge is 2.24. The molecule has 2 rings (SSSR count). The Morgan fingerprint density at radius 1 is 1.33 bits per heavy atom. The fourth-order valence-corrected chi connectivity index (χ4v) is 1.99. The molecular formula is C11H4Cl2N6O2. The summed E-state index contributed by atoms with van der Waals surface area (Å²) in [4.78, 5) is 18.4. The number of aromatic nitrogens is 2. The van der Waals surface area contributed by atoms with Gasteiger partial charge in [-0.3, -0.25) is 20.7 Å². The zero-order chi connectivity index (χ0) is 15.6. The molecule has 1 aromatic carbocycles. The first kappa shape index (κ1) is 14.6. The number of nitro groups is 1. The van der Waals surface area contributed by atoms with E-state index in [0.29, 0.717) is 0 Å². The number of fused-ring (bicyclic) bond motifs is 1. The number of rotatable bonds is 3. The summed E-state index contributed by atoms with van der Waals surface area (Å²) in [6.45, 7) is 0. The van der Waals surface area contributed by atoms with Crippen LogP contribution in [0.15, 0.2) is 6.07 Å². The van der Waals surface area contributed by atoms with E-state index in [4.69, 9.17) is 34.9 Å². The molecule has 0 aliphatic carbocycles. The summed E-state index contributed by atoms with van der Waals surface area (Å²) in [5.74, 6) is -0.0105. The van der Waals surface area contributed by atoms with E-state index in [0.717, 1.165) is 0 Å². The van der Waals surface area contributed by atoms with Crippen molar-refractivity contribution in [1.82, 2.24) is 9.97 Å². The number of halogens is 2. The van der Waals surface area contributed by atoms with Gasteiger partial charge in [-0.05, 0) is 6.07 Å². The maximum atomic E-state index is 11.1. The second-order valence-corrected chi connectivity index (χ2v) is 4.36. The Morgan fingerprint density at radius 3 is 2.57 bits per heavy atom. The molecule has 0 fully saturated rings. The molecule has 10 heteroatoms. The van der Waals surface area contributed by atoms with Gasteiger partial charge in [-0.2, -0.15) is 5.26 Å². The largest absolute Gasteiger partial charge is 0.317 e. The van der Waals surface area contributed by atoms with E-state index in [1.807, 2.05) is 0 Å². The second kappa shape index (κ2) is 5.67. The molecule has 0 radical (unpaired) electrons. The number of nitriles is 1. The van der Waals surface area contributed by atoms with Gasteiger partial charge in [-0.15, -0.1) is 0 Å². The average Bonchev–Trinajstić information content (AvgIpc) is 2.42. The van der Waals surface area contributed by atoms with E-state index >= 15 is 0 Å². The van der Waals surface area contributed by atoms with Gasteiger partial charge in [-0.1, -0.05) is 29.6 Å². The lowest BCUT2D eigenvalue weighted by molar-refractivity contribution is -0.383. The van der Waals surface area contributed by atoms with Gasteiger partial charge in [-0.25, -0.2) is 9.97 Å². The Labute approximate surface area is 127 Å². The molecule has 0 unspecified atom stereocenters. The van der Waals surface area contributed by atoms with Crippen LogP contribution in [0.1, 0.15) is 0 Å². The quantitative estimate of drug-likeness (QED) is 0.293. The Hall–Kier alpha value is -2.81. The molecule has 0 saturated heterocycles. The summed E-state index contributed by atoms with van der Waals surface area (Å²) in [7, 11) is 0. The number of nitrogens with one attached hydrogen (secondary N) is 2. The van der Waals surface area contributed by atoms with Gasteiger partial charge in [0.25, 0.3) is 0 Å². The minimum Gasteiger partial charge on any atom is -0.296 e. The number of nitro benzene ring substituents is 1. The van der Waals surface area contributed by atoms with Gasteiger partial charge in [0.2, 0.25) is 0 Å². The third-order valence-electron chi connectivity index (χ3n) is 2.38. The molecule has 1 heterocycles. The van der Waals surface area contributed by atoms with Crippen LogP contribution in [0.3, 0.4) is 0 Å². The lowest BCUT2D eigenvalue weighted by atomic mass is 10.2. The van der Waals surface area contributed by atoms with E-state index in [2.05, 4.69) is 26.6 Å². The summed E-state index contributed by atoms with van der Waals surface area (Å²) in [5, 5.41) is 24.2. The monoisotopic (exact) mass is 322 g/mol. The van der Waals surface area contributed by atoms with Crippen molar-refractivity contribution in [2.45, 2.75) is 0 Å². The average molecular weight is 323 g/mol. The van der Waals surface area contributed by atoms with E-state index in [1.165, 1.54) is 6.07 Å². The third kappa shape index (κ3) is 2.58. The highest BCUT2D eigenvalue weighted by molar-refractivity contribution is 6.44. The fourth-order valence-electron chi connectivity index (χ4n) is 1.59. The van der Waals surface area contributed by atoms with Gasteiger partial charge in [0, 0.05) is 6.04 Å². The van der Waals surface area contributed by atoms with Crippen LogP contribution < -0.4 is 10.6 Å². The molecule has 0 bridgehead atoms. The maximum absolute atomic E-state index is 11.1. The van der Waals surface area contributed by atoms with Crippen LogP contribution in [0, 0.1) is 34.0 Å². The van der Waals surface area contributed by atoms with Gasteiger partial charge < -0.3 is 0 Å². The molecule has 0 aliphatic rings. The molecule has 0 atom stereocenters. The van der Waals surface area contributed by atoms with Gasteiger partial charge >= 0.3 is 5.69 Å². The number of nitrogens with zero attached hydrogens (tertiary/aromatic N) is 4. The Kier molecular flexibility index (Phi) is 3.94. The molecule has 2 aromatic rings. The van der Waals surface area contributed by atoms with E-state index in [9.17, 15) is 10.1 Å². The van der Waals surface area contributed by atoms with Crippen molar-refractivity contribution in [2.24, 2.45) is 0 Å². The van der Waals surface area contributed by atoms with Crippen LogP contribution >= 0.6 is 23.2 Å². The van der Waals surface area contributed by atoms with E-state index in [1.54, 1.807) is 6.19 Å². The summed E-state index contributed by atoms with van der Waals surface area (Å²) >= 11 is 11.7. The molecule has 0 aliphatic heterocycles. The van der Waals surface area contributed by atoms with Gasteiger partial charge in [0.05, 0.1) is 9.95 Å². The molecule has 0 amide bonds. The van der Waals surface area contributed by atoms with Crippen LogP contribution in [0.5, 0.6) is 0 Å². The van der Waals surface area contributed by atoms with Crippen LogP contribution in [0.4, 0.5) is 17.3 Å². The lowest BCUT2D eigenvalue weighted by Crippen LogP contribution is -2.04. The normalized spacial score (nSPS) is 9.71. The molecule has 0 spiro atoms. The molecule has 104 valence electrons. The van der Waals surface area contributed by atoms with Crippen molar-refractivity contribution in [2.75, 3.05) is 10.6 Å². The van der Waals surface area contributed by atoms with Crippen molar-refractivity contribution in [3.05, 3.63) is 26.2 Å². The standard InChI is InChI=1S/C11H4Cl2N6O2/c1-2-15-10-11(16-4-14)17-6-3-5(12)7(13)9(19(20)21)8(6)18-10/h1,3H,(H,15,18)(H,16,17). The fraction of sp³-hybridized carbons (Fsp3) is 0. The van der Waals surface area contributed by atoms with Crippen LogP contribution in [0.2, 0.25) is 10.0 Å². The lowest BCUT2D eigenvalue weighted by Gasteiger charge is -2.08. The number of anilines is 2. The van der Waals surface area contributed by atoms with E-state index in [-0.39, 0.29) is 32.7 Å². The summed E-state index contributed by atoms with van der Waals surface area (Å²) < 4.78 is 0. The molecule has 21 heavy (non-hydrogen) atoms. The van der Waals surface area contributed by atoms with Crippen LogP contribution in [0.25, 0.3) is 11.0 Å². The Bertz CT molecular complexity index is 839. The summed E-state index contributed by atoms with van der Waals surface area (Å²) in [6, 6.07) is 3.40. The number of hydrogen-bond acceptors (Lipinski definition) is 7. The topological polar surface area (TPSA) is 117 Å². The third-order valence-corrected chi connectivity index (χ3v) is 3.15. The Balaban J connectivity index is 2.88. The predicted molar refractivity (Wildman–Crippen MR) is 77.9 cm³/mol. The van der Waals surface area contributed by atoms with Crippen molar-refractivity contribution < 1.29 is 4.92 Å². The van der Waals surface area contributed by atoms with Gasteiger partial charge in [0.15, 0.2) is 23.3 Å². The predicted octanol–water partition coefficient (Wildman–Crippen LogP) is 2.74. The number of benzene rings is 1. The number of hydrogen-bond donors (Lipinski definition) is 2. The van der Waals surface area contributed by atoms with Crippen molar-refractivity contribution in [1.29, 1.82) is 5.26 Å². The maximum Gasteiger partial charge on any atom is 0.317 e. The SMILES string of the molecule is C#CNc1nc2c([N+](=O)[O-])c(Cl)c(Cl)cc2nc1NC#N. The minimum atomic E-state index is -0.720. The van der Waals surface area contributed by atoms with Crippen LogP contribution in [-0.4, -0.2) is 14.9 Å². The zero-order valence-electron chi connectivity index (χ0n) is 10.0. The van der Waals surface area contributed by atoms with Crippen LogP contribution in [-0.2, 0) is 0 Å². The second-order valence-electron chi connectivity index (χ2n) is 3.57. The first-order valence-electron chi connectivity index (χ1n) is 5.20. The summed E-state index contributed by atoms with van der Waals surface area (Å²) in [6.07, 6.45) is 6.76. The number of terminal acetylenes is 1. The molecular weight excluding hydrogens is 319 g/mol. The zero-order valence-corrected chi connectivity index (χ0v) is 11.5. The smallest absolute Gasteiger partial charge is 0.296 e. The van der Waals surface area contributed by atoms with Crippen molar-refractivity contribution >= 4 is 51.6 Å². The van der Waals surface area contributed by atoms with Gasteiger partial charge in [0.1, 0.15) is 10.5 Å². The molecule has 1 aromatic heterocycles. The first-order valence-corrected chi connectivity index (χ1v) is 5.96. The first-order chi connectivity index (χ1) is 9.99. The highest BCUT2D eigenvalue weighted by atomic mass is 35.5. The van der Waals surface area contributed by atoms with E-state index < -0.39 is 10.6 Å².